The summed E-state index contributed by atoms with van der Waals surface area (Å²) in [6.45, 7) is 8.78. The summed E-state index contributed by atoms with van der Waals surface area (Å²) in [5.41, 5.74) is 2.05. The van der Waals surface area contributed by atoms with E-state index in [9.17, 15) is 4.79 Å². The van der Waals surface area contributed by atoms with Crippen LogP contribution in [0.4, 0.5) is 5.69 Å². The van der Waals surface area contributed by atoms with Crippen molar-refractivity contribution in [1.29, 1.82) is 0 Å². The molecule has 1 rings (SSSR count). The van der Waals surface area contributed by atoms with E-state index in [1.54, 1.807) is 0 Å². The van der Waals surface area contributed by atoms with Crippen molar-refractivity contribution in [1.82, 2.24) is 5.32 Å². The molecule has 3 heteroatoms. The standard InChI is InChI=1S/C15H24N2O/c1-5-15(4,6-2)16-11-14(18)17-13-9-7-8-12(3)10-13/h7-10,16H,5-6,11H2,1-4H3,(H,17,18). The third-order valence-electron chi connectivity index (χ3n) is 3.54. The Balaban J connectivity index is 2.47. The molecule has 0 aliphatic rings. The van der Waals surface area contributed by atoms with Gasteiger partial charge in [0.1, 0.15) is 0 Å². The molecule has 0 radical (unpaired) electrons. The smallest absolute Gasteiger partial charge is 0.238 e. The lowest BCUT2D eigenvalue weighted by atomic mass is 9.96. The molecule has 0 aliphatic heterocycles. The lowest BCUT2D eigenvalue weighted by Crippen LogP contribution is -2.45. The highest BCUT2D eigenvalue weighted by Gasteiger charge is 2.19. The minimum Gasteiger partial charge on any atom is -0.325 e. The summed E-state index contributed by atoms with van der Waals surface area (Å²) >= 11 is 0. The molecule has 0 aliphatic carbocycles. The number of amides is 1. The van der Waals surface area contributed by atoms with Crippen molar-refractivity contribution in [2.24, 2.45) is 0 Å². The van der Waals surface area contributed by atoms with E-state index in [0.29, 0.717) is 6.54 Å². The summed E-state index contributed by atoms with van der Waals surface area (Å²) in [6, 6.07) is 7.83. The van der Waals surface area contributed by atoms with Crippen LogP contribution in [0, 0.1) is 6.92 Å². The Morgan fingerprint density at radius 2 is 1.94 bits per heavy atom. The number of aryl methyl sites for hydroxylation is 1. The Bertz CT molecular complexity index is 397. The van der Waals surface area contributed by atoms with Crippen LogP contribution in [0.2, 0.25) is 0 Å². The zero-order valence-electron chi connectivity index (χ0n) is 11.8. The predicted molar refractivity (Wildman–Crippen MR) is 76.8 cm³/mol. The molecule has 0 bridgehead atoms. The van der Waals surface area contributed by atoms with Gasteiger partial charge in [-0.15, -0.1) is 0 Å². The molecule has 0 unspecified atom stereocenters. The number of rotatable bonds is 6. The average molecular weight is 248 g/mol. The predicted octanol–water partition coefficient (Wildman–Crippen LogP) is 3.10. The molecule has 0 saturated heterocycles. The molecule has 2 N–H and O–H groups in total. The fourth-order valence-corrected chi connectivity index (χ4v) is 1.72. The van der Waals surface area contributed by atoms with Gasteiger partial charge in [0.15, 0.2) is 0 Å². The molecule has 0 heterocycles. The first-order chi connectivity index (χ1) is 8.49. The van der Waals surface area contributed by atoms with Gasteiger partial charge >= 0.3 is 0 Å². The van der Waals surface area contributed by atoms with Crippen molar-refractivity contribution in [3.63, 3.8) is 0 Å². The van der Waals surface area contributed by atoms with Crippen molar-refractivity contribution in [2.45, 2.75) is 46.1 Å². The van der Waals surface area contributed by atoms with Crippen LogP contribution in [0.1, 0.15) is 39.2 Å². The van der Waals surface area contributed by atoms with E-state index in [2.05, 4.69) is 31.4 Å². The van der Waals surface area contributed by atoms with Gasteiger partial charge in [-0.1, -0.05) is 26.0 Å². The molecule has 1 aromatic carbocycles. The van der Waals surface area contributed by atoms with Gasteiger partial charge < -0.3 is 10.6 Å². The van der Waals surface area contributed by atoms with Gasteiger partial charge in [-0.2, -0.15) is 0 Å². The Labute approximate surface area is 110 Å². The van der Waals surface area contributed by atoms with Crippen LogP contribution in [0.3, 0.4) is 0 Å². The van der Waals surface area contributed by atoms with Gasteiger partial charge in [-0.3, -0.25) is 4.79 Å². The van der Waals surface area contributed by atoms with Gasteiger partial charge in [-0.25, -0.2) is 0 Å². The van der Waals surface area contributed by atoms with E-state index in [-0.39, 0.29) is 11.4 Å². The third-order valence-corrected chi connectivity index (χ3v) is 3.54. The van der Waals surface area contributed by atoms with Crippen LogP contribution in [-0.2, 0) is 4.79 Å². The molecule has 100 valence electrons. The van der Waals surface area contributed by atoms with Gasteiger partial charge in [-0.05, 0) is 44.4 Å². The first kappa shape index (κ1) is 14.7. The summed E-state index contributed by atoms with van der Waals surface area (Å²) in [5.74, 6) is 0.00808. The third kappa shape index (κ3) is 4.49. The van der Waals surface area contributed by atoms with Crippen molar-refractivity contribution in [3.05, 3.63) is 29.8 Å². The highest BCUT2D eigenvalue weighted by atomic mass is 16.1. The summed E-state index contributed by atoms with van der Waals surface area (Å²) in [5, 5.41) is 6.22. The summed E-state index contributed by atoms with van der Waals surface area (Å²) < 4.78 is 0. The van der Waals surface area contributed by atoms with Crippen molar-refractivity contribution >= 4 is 11.6 Å². The zero-order valence-corrected chi connectivity index (χ0v) is 11.8. The van der Waals surface area contributed by atoms with Gasteiger partial charge in [0.25, 0.3) is 0 Å². The Hall–Kier alpha value is -1.35. The maximum absolute atomic E-state index is 11.8. The molecule has 0 spiro atoms. The van der Waals surface area contributed by atoms with Crippen LogP contribution < -0.4 is 10.6 Å². The molecular formula is C15H24N2O. The molecule has 0 atom stereocenters. The van der Waals surface area contributed by atoms with Crippen molar-refractivity contribution in [3.8, 4) is 0 Å². The minimum atomic E-state index is 0.00808. The van der Waals surface area contributed by atoms with E-state index < -0.39 is 0 Å². The second-order valence-electron chi connectivity index (χ2n) is 5.04. The lowest BCUT2D eigenvalue weighted by Gasteiger charge is -2.28. The number of carbonyl (C=O) groups is 1. The normalized spacial score (nSPS) is 11.3. The number of carbonyl (C=O) groups excluding carboxylic acids is 1. The van der Waals surface area contributed by atoms with E-state index in [1.165, 1.54) is 0 Å². The first-order valence-electron chi connectivity index (χ1n) is 6.60. The topological polar surface area (TPSA) is 41.1 Å². The monoisotopic (exact) mass is 248 g/mol. The molecular weight excluding hydrogens is 224 g/mol. The van der Waals surface area contributed by atoms with Gasteiger partial charge in [0.05, 0.1) is 6.54 Å². The maximum Gasteiger partial charge on any atom is 0.238 e. The lowest BCUT2D eigenvalue weighted by molar-refractivity contribution is -0.115. The fourth-order valence-electron chi connectivity index (χ4n) is 1.72. The average Bonchev–Trinajstić information content (AvgIpc) is 2.36. The second kappa shape index (κ2) is 6.55. The second-order valence-corrected chi connectivity index (χ2v) is 5.04. The van der Waals surface area contributed by atoms with E-state index >= 15 is 0 Å². The highest BCUT2D eigenvalue weighted by molar-refractivity contribution is 5.92. The molecule has 0 fully saturated rings. The van der Waals surface area contributed by atoms with Gasteiger partial charge in [0, 0.05) is 11.2 Å². The maximum atomic E-state index is 11.8. The number of benzene rings is 1. The summed E-state index contributed by atoms with van der Waals surface area (Å²) in [6.07, 6.45) is 2.03. The van der Waals surface area contributed by atoms with Crippen molar-refractivity contribution in [2.75, 3.05) is 11.9 Å². The Morgan fingerprint density at radius 1 is 1.28 bits per heavy atom. The first-order valence-corrected chi connectivity index (χ1v) is 6.60. The van der Waals surface area contributed by atoms with E-state index in [1.807, 2.05) is 31.2 Å². The molecule has 1 amide bonds. The molecule has 0 aromatic heterocycles. The molecule has 1 aromatic rings. The number of hydrogen-bond acceptors (Lipinski definition) is 2. The highest BCUT2D eigenvalue weighted by Crippen LogP contribution is 2.13. The van der Waals surface area contributed by atoms with Crippen molar-refractivity contribution < 1.29 is 4.79 Å². The van der Waals surface area contributed by atoms with Crippen LogP contribution in [0.25, 0.3) is 0 Å². The molecule has 3 nitrogen and oxygen atoms in total. The number of anilines is 1. The van der Waals surface area contributed by atoms with E-state index in [4.69, 9.17) is 0 Å². The SMILES string of the molecule is CCC(C)(CC)NCC(=O)Nc1cccc(C)c1. The summed E-state index contributed by atoms with van der Waals surface area (Å²) in [4.78, 5) is 11.8. The van der Waals surface area contributed by atoms with Crippen LogP contribution in [0.5, 0.6) is 0 Å². The van der Waals surface area contributed by atoms with Crippen LogP contribution in [-0.4, -0.2) is 18.0 Å². The quantitative estimate of drug-likeness (QED) is 0.812. The van der Waals surface area contributed by atoms with E-state index in [0.717, 1.165) is 24.1 Å². The summed E-state index contributed by atoms with van der Waals surface area (Å²) in [7, 11) is 0. The Morgan fingerprint density at radius 3 is 2.50 bits per heavy atom. The largest absolute Gasteiger partial charge is 0.325 e. The number of nitrogens with one attached hydrogen (secondary N) is 2. The van der Waals surface area contributed by atoms with Crippen LogP contribution in [0.15, 0.2) is 24.3 Å². The number of hydrogen-bond donors (Lipinski definition) is 2. The fraction of sp³-hybridized carbons (Fsp3) is 0.533. The molecule has 0 saturated carbocycles. The van der Waals surface area contributed by atoms with Gasteiger partial charge in [0.2, 0.25) is 5.91 Å². The Kier molecular flexibility index (Phi) is 5.35. The zero-order chi connectivity index (χ0) is 13.6. The minimum absolute atomic E-state index is 0.00808. The molecule has 18 heavy (non-hydrogen) atoms. The van der Waals surface area contributed by atoms with Crippen LogP contribution >= 0.6 is 0 Å².